The summed E-state index contributed by atoms with van der Waals surface area (Å²) in [6.45, 7) is 0. The summed E-state index contributed by atoms with van der Waals surface area (Å²) in [6.07, 6.45) is 0. The van der Waals surface area contributed by atoms with Crippen molar-refractivity contribution >= 4 is 39.1 Å². The Morgan fingerprint density at radius 3 is 2.59 bits per heavy atom. The van der Waals surface area contributed by atoms with Crippen LogP contribution in [0.4, 0.5) is 5.69 Å². The van der Waals surface area contributed by atoms with Crippen LogP contribution >= 0.6 is 27.5 Å². The molecular formula is C16H11BrClN3O. The van der Waals surface area contributed by atoms with Gasteiger partial charge in [0, 0.05) is 15.7 Å². The van der Waals surface area contributed by atoms with Crippen LogP contribution in [0.2, 0.25) is 5.02 Å². The third-order valence-electron chi connectivity index (χ3n) is 3.07. The number of hydrogen-bond donors (Lipinski definition) is 2. The molecule has 3 rings (SSSR count). The molecule has 0 spiro atoms. The summed E-state index contributed by atoms with van der Waals surface area (Å²) >= 11 is 9.48. The van der Waals surface area contributed by atoms with Crippen molar-refractivity contribution in [2.75, 3.05) is 5.32 Å². The number of aromatic nitrogens is 2. The van der Waals surface area contributed by atoms with Crippen LogP contribution in [0.15, 0.2) is 59.1 Å². The summed E-state index contributed by atoms with van der Waals surface area (Å²) in [4.78, 5) is 12.2. The van der Waals surface area contributed by atoms with Gasteiger partial charge in [-0.25, -0.2) is 0 Å². The minimum Gasteiger partial charge on any atom is -0.321 e. The Balaban J connectivity index is 1.80. The van der Waals surface area contributed by atoms with E-state index in [-0.39, 0.29) is 5.91 Å². The van der Waals surface area contributed by atoms with Gasteiger partial charge >= 0.3 is 0 Å². The topological polar surface area (TPSA) is 57.8 Å². The number of anilines is 1. The summed E-state index contributed by atoms with van der Waals surface area (Å²) < 4.78 is 0.952. The fourth-order valence-electron chi connectivity index (χ4n) is 1.98. The summed E-state index contributed by atoms with van der Waals surface area (Å²) in [5.41, 5.74) is 2.49. The molecule has 22 heavy (non-hydrogen) atoms. The lowest BCUT2D eigenvalue weighted by molar-refractivity contribution is 0.102. The average Bonchev–Trinajstić information content (AvgIpc) is 3.00. The molecule has 2 aromatic carbocycles. The molecule has 0 aliphatic heterocycles. The first kappa shape index (κ1) is 14.8. The molecule has 2 N–H and O–H groups in total. The van der Waals surface area contributed by atoms with E-state index in [1.54, 1.807) is 12.1 Å². The highest BCUT2D eigenvalue weighted by Crippen LogP contribution is 2.26. The Labute approximate surface area is 140 Å². The van der Waals surface area contributed by atoms with E-state index in [0.717, 1.165) is 10.0 Å². The van der Waals surface area contributed by atoms with E-state index >= 15 is 0 Å². The predicted octanol–water partition coefficient (Wildman–Crippen LogP) is 4.74. The first-order valence-corrected chi connectivity index (χ1v) is 7.68. The molecule has 4 nitrogen and oxygen atoms in total. The van der Waals surface area contributed by atoms with Crippen LogP contribution in [0.25, 0.3) is 11.3 Å². The summed E-state index contributed by atoms with van der Waals surface area (Å²) in [5.74, 6) is -0.256. The van der Waals surface area contributed by atoms with Crippen LogP contribution < -0.4 is 5.32 Å². The molecular weight excluding hydrogens is 366 g/mol. The number of rotatable bonds is 3. The van der Waals surface area contributed by atoms with Gasteiger partial charge in [-0.15, -0.1) is 0 Å². The van der Waals surface area contributed by atoms with E-state index in [1.165, 1.54) is 0 Å². The van der Waals surface area contributed by atoms with Crippen molar-refractivity contribution in [3.8, 4) is 11.3 Å². The second-order valence-electron chi connectivity index (χ2n) is 4.61. The second kappa shape index (κ2) is 6.34. The molecule has 0 fully saturated rings. The van der Waals surface area contributed by atoms with Gasteiger partial charge in [-0.05, 0) is 36.4 Å². The lowest BCUT2D eigenvalue weighted by Gasteiger charge is -2.03. The van der Waals surface area contributed by atoms with Gasteiger partial charge in [0.15, 0.2) is 0 Å². The van der Waals surface area contributed by atoms with Crippen molar-refractivity contribution in [2.24, 2.45) is 0 Å². The Hall–Kier alpha value is -2.11. The molecule has 0 unspecified atom stereocenters. The van der Waals surface area contributed by atoms with Gasteiger partial charge in [-0.1, -0.05) is 45.7 Å². The SMILES string of the molecule is O=C(Nc1ccc(Br)cc1)c1cc(-c2ccccc2Cl)n[nH]1. The molecule has 0 bridgehead atoms. The van der Waals surface area contributed by atoms with Gasteiger partial charge in [0.1, 0.15) is 5.69 Å². The standard InChI is InChI=1S/C16H11BrClN3O/c17-10-5-7-11(8-6-10)19-16(22)15-9-14(20-21-15)12-3-1-2-4-13(12)18/h1-9H,(H,19,22)(H,20,21). The molecule has 1 amide bonds. The van der Waals surface area contributed by atoms with Crippen LogP contribution in [0.3, 0.4) is 0 Å². The van der Waals surface area contributed by atoms with Crippen molar-refractivity contribution in [2.45, 2.75) is 0 Å². The normalized spacial score (nSPS) is 10.5. The van der Waals surface area contributed by atoms with Gasteiger partial charge in [0.05, 0.1) is 10.7 Å². The molecule has 1 aromatic heterocycles. The molecule has 6 heteroatoms. The number of carbonyl (C=O) groups is 1. The lowest BCUT2D eigenvalue weighted by atomic mass is 10.1. The van der Waals surface area contributed by atoms with Crippen LogP contribution in [-0.2, 0) is 0 Å². The van der Waals surface area contributed by atoms with Crippen molar-refractivity contribution < 1.29 is 4.79 Å². The monoisotopic (exact) mass is 375 g/mol. The average molecular weight is 377 g/mol. The summed E-state index contributed by atoms with van der Waals surface area (Å²) in [6, 6.07) is 16.4. The van der Waals surface area contributed by atoms with Crippen molar-refractivity contribution in [3.63, 3.8) is 0 Å². The number of halogens is 2. The number of nitrogens with one attached hydrogen (secondary N) is 2. The molecule has 0 atom stereocenters. The van der Waals surface area contributed by atoms with Crippen molar-refractivity contribution in [3.05, 3.63) is 69.8 Å². The first-order chi connectivity index (χ1) is 10.6. The number of H-pyrrole nitrogens is 1. The molecule has 110 valence electrons. The quantitative estimate of drug-likeness (QED) is 0.693. The van der Waals surface area contributed by atoms with Gasteiger partial charge in [0.2, 0.25) is 0 Å². The van der Waals surface area contributed by atoms with E-state index in [2.05, 4.69) is 31.4 Å². The van der Waals surface area contributed by atoms with Gasteiger partial charge in [-0.2, -0.15) is 5.10 Å². The van der Waals surface area contributed by atoms with E-state index in [9.17, 15) is 4.79 Å². The Kier molecular flexibility index (Phi) is 4.27. The van der Waals surface area contributed by atoms with Crippen LogP contribution in [0, 0.1) is 0 Å². The Morgan fingerprint density at radius 1 is 1.14 bits per heavy atom. The third kappa shape index (κ3) is 3.21. The number of benzene rings is 2. The zero-order valence-electron chi connectivity index (χ0n) is 11.3. The zero-order chi connectivity index (χ0) is 15.5. The fourth-order valence-corrected chi connectivity index (χ4v) is 2.47. The molecule has 0 aliphatic rings. The van der Waals surface area contributed by atoms with Crippen LogP contribution in [-0.4, -0.2) is 16.1 Å². The van der Waals surface area contributed by atoms with Gasteiger partial charge in [-0.3, -0.25) is 9.89 Å². The molecule has 0 saturated carbocycles. The van der Waals surface area contributed by atoms with E-state index < -0.39 is 0 Å². The summed E-state index contributed by atoms with van der Waals surface area (Å²) in [7, 11) is 0. The second-order valence-corrected chi connectivity index (χ2v) is 5.93. The largest absolute Gasteiger partial charge is 0.321 e. The Bertz CT molecular complexity index is 814. The fraction of sp³-hybridized carbons (Fsp3) is 0. The van der Waals surface area contributed by atoms with Gasteiger partial charge in [0.25, 0.3) is 5.91 Å². The molecule has 0 radical (unpaired) electrons. The Morgan fingerprint density at radius 2 is 1.86 bits per heavy atom. The number of amides is 1. The van der Waals surface area contributed by atoms with Crippen LogP contribution in [0.5, 0.6) is 0 Å². The first-order valence-electron chi connectivity index (χ1n) is 6.51. The van der Waals surface area contributed by atoms with E-state index in [0.29, 0.717) is 22.1 Å². The number of nitrogens with zero attached hydrogens (tertiary/aromatic N) is 1. The smallest absolute Gasteiger partial charge is 0.273 e. The van der Waals surface area contributed by atoms with Crippen molar-refractivity contribution in [1.82, 2.24) is 10.2 Å². The number of aromatic amines is 1. The lowest BCUT2D eigenvalue weighted by Crippen LogP contribution is -2.12. The van der Waals surface area contributed by atoms with Crippen LogP contribution in [0.1, 0.15) is 10.5 Å². The van der Waals surface area contributed by atoms with E-state index in [4.69, 9.17) is 11.6 Å². The van der Waals surface area contributed by atoms with E-state index in [1.807, 2.05) is 42.5 Å². The predicted molar refractivity (Wildman–Crippen MR) is 91.1 cm³/mol. The zero-order valence-corrected chi connectivity index (χ0v) is 13.6. The minimum absolute atomic E-state index is 0.256. The highest BCUT2D eigenvalue weighted by Gasteiger charge is 2.12. The third-order valence-corrected chi connectivity index (χ3v) is 3.93. The molecule has 3 aromatic rings. The highest BCUT2D eigenvalue weighted by atomic mass is 79.9. The highest BCUT2D eigenvalue weighted by molar-refractivity contribution is 9.10. The maximum atomic E-state index is 12.2. The minimum atomic E-state index is -0.256. The van der Waals surface area contributed by atoms with Crippen molar-refractivity contribution in [1.29, 1.82) is 0 Å². The number of hydrogen-bond acceptors (Lipinski definition) is 2. The maximum absolute atomic E-state index is 12.2. The molecule has 1 heterocycles. The van der Waals surface area contributed by atoms with Gasteiger partial charge < -0.3 is 5.32 Å². The molecule has 0 saturated heterocycles. The molecule has 0 aliphatic carbocycles. The maximum Gasteiger partial charge on any atom is 0.273 e. The summed E-state index contributed by atoms with van der Waals surface area (Å²) in [5, 5.41) is 10.3. The number of carbonyl (C=O) groups excluding carboxylic acids is 1.